The third-order valence-electron chi connectivity index (χ3n) is 4.82. The molecule has 8 heteroatoms. The molecule has 30 heavy (non-hydrogen) atoms. The first-order valence-corrected chi connectivity index (χ1v) is 10.2. The van der Waals surface area contributed by atoms with E-state index in [-0.39, 0.29) is 35.7 Å². The van der Waals surface area contributed by atoms with Crippen molar-refractivity contribution in [3.05, 3.63) is 76.0 Å². The molecule has 1 N–H and O–H groups in total. The minimum Gasteiger partial charge on any atom is -0.484 e. The second-order valence-electron chi connectivity index (χ2n) is 7.03. The molecule has 2 aromatic rings. The van der Waals surface area contributed by atoms with Gasteiger partial charge in [0.2, 0.25) is 5.91 Å². The van der Waals surface area contributed by atoms with Gasteiger partial charge in [0.15, 0.2) is 6.61 Å². The van der Waals surface area contributed by atoms with E-state index in [1.165, 1.54) is 12.1 Å². The summed E-state index contributed by atoms with van der Waals surface area (Å²) in [5.41, 5.74) is 1.59. The van der Waals surface area contributed by atoms with Crippen molar-refractivity contribution in [1.29, 1.82) is 0 Å². The first-order valence-electron chi connectivity index (χ1n) is 9.40. The lowest BCUT2D eigenvalue weighted by Gasteiger charge is -2.40. The van der Waals surface area contributed by atoms with Gasteiger partial charge < -0.3 is 15.0 Å². The van der Waals surface area contributed by atoms with Gasteiger partial charge in [0.1, 0.15) is 11.6 Å². The number of carbonyl (C=O) groups is 2. The molecule has 2 aromatic carbocycles. The van der Waals surface area contributed by atoms with E-state index in [9.17, 15) is 14.0 Å². The quantitative estimate of drug-likeness (QED) is 0.613. The predicted molar refractivity (Wildman–Crippen MR) is 114 cm³/mol. The smallest absolute Gasteiger partial charge is 0.257 e. The first kappa shape index (κ1) is 22.1. The van der Waals surface area contributed by atoms with Gasteiger partial charge in [0, 0.05) is 42.2 Å². The fourth-order valence-corrected chi connectivity index (χ4v) is 3.28. The Morgan fingerprint density at radius 3 is 2.53 bits per heavy atom. The van der Waals surface area contributed by atoms with Crippen LogP contribution in [0, 0.1) is 5.82 Å². The maximum absolute atomic E-state index is 13.3. The molecule has 0 atom stereocenters. The minimum atomic E-state index is -0.617. The third-order valence-corrected chi connectivity index (χ3v) is 5.38. The molecule has 0 aliphatic carbocycles. The van der Waals surface area contributed by atoms with Crippen LogP contribution in [0.1, 0.15) is 17.9 Å². The molecule has 1 fully saturated rings. The van der Waals surface area contributed by atoms with Gasteiger partial charge in [-0.15, -0.1) is 0 Å². The standard InChI is InChI=1S/C22H21Cl2FN2O3/c1-14(22(29)27-11-16(12-27)15-2-4-17(23)5-3-15)8-9-26-21(28)13-30-18-6-7-19(24)20(25)10-18/h2-7,10,16H,1,8-9,11-13H2,(H,26,28). The lowest BCUT2D eigenvalue weighted by Crippen LogP contribution is -2.49. The molecule has 158 valence electrons. The monoisotopic (exact) mass is 450 g/mol. The molecule has 5 nitrogen and oxygen atoms in total. The highest BCUT2D eigenvalue weighted by Gasteiger charge is 2.32. The molecular formula is C22H21Cl2FN2O3. The van der Waals surface area contributed by atoms with E-state index < -0.39 is 5.82 Å². The van der Waals surface area contributed by atoms with E-state index in [0.29, 0.717) is 36.0 Å². The average molecular weight is 451 g/mol. The van der Waals surface area contributed by atoms with Gasteiger partial charge >= 0.3 is 0 Å². The molecule has 2 amide bonds. The van der Waals surface area contributed by atoms with Crippen molar-refractivity contribution in [3.63, 3.8) is 0 Å². The van der Waals surface area contributed by atoms with Crippen LogP contribution in [0.3, 0.4) is 0 Å². The van der Waals surface area contributed by atoms with Gasteiger partial charge in [-0.2, -0.15) is 0 Å². The molecular weight excluding hydrogens is 430 g/mol. The summed E-state index contributed by atoms with van der Waals surface area (Å²) < 4.78 is 18.6. The van der Waals surface area contributed by atoms with E-state index in [0.717, 1.165) is 11.6 Å². The molecule has 0 spiro atoms. The molecule has 1 aliphatic rings. The van der Waals surface area contributed by atoms with Crippen LogP contribution in [0.4, 0.5) is 4.39 Å². The van der Waals surface area contributed by atoms with Crippen LogP contribution in [-0.4, -0.2) is 43.0 Å². The van der Waals surface area contributed by atoms with E-state index in [1.54, 1.807) is 4.90 Å². The second-order valence-corrected chi connectivity index (χ2v) is 7.87. The zero-order valence-electron chi connectivity index (χ0n) is 16.2. The van der Waals surface area contributed by atoms with E-state index in [2.05, 4.69) is 11.9 Å². The van der Waals surface area contributed by atoms with Crippen molar-refractivity contribution in [2.75, 3.05) is 26.2 Å². The summed E-state index contributed by atoms with van der Waals surface area (Å²) in [5, 5.41) is 3.32. The van der Waals surface area contributed by atoms with Gasteiger partial charge in [-0.05, 0) is 36.2 Å². The number of nitrogens with one attached hydrogen (secondary N) is 1. The topological polar surface area (TPSA) is 58.6 Å². The van der Waals surface area contributed by atoms with Crippen LogP contribution in [0.15, 0.2) is 54.6 Å². The number of rotatable bonds is 8. The van der Waals surface area contributed by atoms with Crippen molar-refractivity contribution >= 4 is 35.0 Å². The Balaban J connectivity index is 1.34. The Labute approximate surface area is 184 Å². The van der Waals surface area contributed by atoms with Crippen LogP contribution in [-0.2, 0) is 9.59 Å². The Bertz CT molecular complexity index is 944. The van der Waals surface area contributed by atoms with Crippen LogP contribution in [0.25, 0.3) is 0 Å². The lowest BCUT2D eigenvalue weighted by atomic mass is 9.91. The minimum absolute atomic E-state index is 0.0170. The van der Waals surface area contributed by atoms with Crippen molar-refractivity contribution in [1.82, 2.24) is 10.2 Å². The number of hydrogen-bond donors (Lipinski definition) is 1. The summed E-state index contributed by atoms with van der Waals surface area (Å²) in [6.45, 7) is 5.10. The average Bonchev–Trinajstić information content (AvgIpc) is 2.69. The van der Waals surface area contributed by atoms with Gasteiger partial charge in [-0.1, -0.05) is 41.9 Å². The summed E-state index contributed by atoms with van der Waals surface area (Å²) in [7, 11) is 0. The Hall–Kier alpha value is -2.57. The number of likely N-dealkylation sites (tertiary alicyclic amines) is 1. The zero-order chi connectivity index (χ0) is 21.7. The number of benzene rings is 2. The number of hydrogen-bond acceptors (Lipinski definition) is 3. The molecule has 1 heterocycles. The first-order chi connectivity index (χ1) is 14.3. The van der Waals surface area contributed by atoms with Crippen molar-refractivity contribution in [2.45, 2.75) is 12.3 Å². The fourth-order valence-electron chi connectivity index (χ4n) is 3.04. The van der Waals surface area contributed by atoms with Crippen LogP contribution >= 0.6 is 23.2 Å². The maximum Gasteiger partial charge on any atom is 0.257 e. The van der Waals surface area contributed by atoms with Crippen molar-refractivity contribution < 1.29 is 18.7 Å². The van der Waals surface area contributed by atoms with Crippen LogP contribution < -0.4 is 10.1 Å². The molecule has 1 aliphatic heterocycles. The summed E-state index contributed by atoms with van der Waals surface area (Å²) in [6, 6.07) is 11.6. The highest BCUT2D eigenvalue weighted by Crippen LogP contribution is 2.29. The van der Waals surface area contributed by atoms with Crippen molar-refractivity contribution in [3.8, 4) is 5.75 Å². The molecule has 3 rings (SSSR count). The van der Waals surface area contributed by atoms with E-state index in [4.69, 9.17) is 27.9 Å². The van der Waals surface area contributed by atoms with Crippen LogP contribution in [0.5, 0.6) is 5.75 Å². The molecule has 0 aromatic heterocycles. The van der Waals surface area contributed by atoms with Crippen molar-refractivity contribution in [2.24, 2.45) is 0 Å². The lowest BCUT2D eigenvalue weighted by molar-refractivity contribution is -0.131. The third kappa shape index (κ3) is 5.74. The summed E-state index contributed by atoms with van der Waals surface area (Å²) in [5.74, 6) is -0.596. The van der Waals surface area contributed by atoms with Gasteiger partial charge in [-0.3, -0.25) is 9.59 Å². The largest absolute Gasteiger partial charge is 0.484 e. The van der Waals surface area contributed by atoms with E-state index in [1.807, 2.05) is 24.3 Å². The summed E-state index contributed by atoms with van der Waals surface area (Å²) >= 11 is 11.5. The highest BCUT2D eigenvalue weighted by molar-refractivity contribution is 6.30. The number of carbonyl (C=O) groups excluding carboxylic acids is 2. The normalized spacial score (nSPS) is 13.5. The summed E-state index contributed by atoms with van der Waals surface area (Å²) in [4.78, 5) is 26.0. The maximum atomic E-state index is 13.3. The van der Waals surface area contributed by atoms with E-state index >= 15 is 0 Å². The van der Waals surface area contributed by atoms with Crippen LogP contribution in [0.2, 0.25) is 10.0 Å². The van der Waals surface area contributed by atoms with Gasteiger partial charge in [-0.25, -0.2) is 4.39 Å². The number of nitrogens with zero attached hydrogens (tertiary/aromatic N) is 1. The second kappa shape index (κ2) is 9.96. The molecule has 0 bridgehead atoms. The number of halogens is 3. The predicted octanol–water partition coefficient (Wildman–Crippen LogP) is 4.20. The fraction of sp³-hybridized carbons (Fsp3) is 0.273. The Morgan fingerprint density at radius 2 is 1.87 bits per heavy atom. The number of amides is 2. The molecule has 1 saturated heterocycles. The number of ether oxygens (including phenoxy) is 1. The summed E-state index contributed by atoms with van der Waals surface area (Å²) in [6.07, 6.45) is 0.336. The highest BCUT2D eigenvalue weighted by atomic mass is 35.5. The Morgan fingerprint density at radius 1 is 1.17 bits per heavy atom. The van der Waals surface area contributed by atoms with Gasteiger partial charge in [0.25, 0.3) is 5.91 Å². The molecule has 0 saturated carbocycles. The molecule has 0 radical (unpaired) electrons. The Kier molecular flexibility index (Phi) is 7.34. The molecule has 0 unspecified atom stereocenters. The SMILES string of the molecule is C=C(CCNC(=O)COc1ccc(Cl)c(F)c1)C(=O)N1CC(c2ccc(Cl)cc2)C1. The van der Waals surface area contributed by atoms with Gasteiger partial charge in [0.05, 0.1) is 5.02 Å². The zero-order valence-corrected chi connectivity index (χ0v) is 17.7.